The van der Waals surface area contributed by atoms with Crippen LogP contribution in [0.4, 0.5) is 26.3 Å². The summed E-state index contributed by atoms with van der Waals surface area (Å²) >= 11 is 0. The molecule has 0 aliphatic rings. The smallest absolute Gasteiger partial charge is 0.166 e. The molecule has 0 aliphatic carbocycles. The zero-order chi connectivity index (χ0) is 34.2. The van der Waals surface area contributed by atoms with Crippen LogP contribution in [0.15, 0.2) is 109 Å². The topological polar surface area (TPSA) is 0 Å². The third-order valence-corrected chi connectivity index (χ3v) is 7.74. The summed E-state index contributed by atoms with van der Waals surface area (Å²) in [6, 6.07) is 30.8. The standard InChI is InChI=1S/2C19H16F3.C2H6Si.Hf/c2*1-2-6-13-11-14-7-5-9-15(17(14)12-13)16-8-3-4-10-18(16)19(20,21)22;1-3-2;/h2*3-5,7-12H,2,6H2,1H3;1-2H3;/q2*-1;;. The summed E-state index contributed by atoms with van der Waals surface area (Å²) in [7, 11) is 1.08. The van der Waals surface area contributed by atoms with Crippen molar-refractivity contribution in [2.24, 2.45) is 0 Å². The van der Waals surface area contributed by atoms with Gasteiger partial charge in [0, 0.05) is 35.4 Å². The van der Waals surface area contributed by atoms with Crippen molar-refractivity contribution < 1.29 is 52.2 Å². The molecule has 6 rings (SSSR count). The molecule has 0 aliphatic heterocycles. The molecule has 0 heterocycles. The molecule has 0 atom stereocenters. The molecule has 0 saturated carbocycles. The summed E-state index contributed by atoms with van der Waals surface area (Å²) in [5.74, 6) is 0. The Morgan fingerprint density at radius 3 is 1.19 bits per heavy atom. The van der Waals surface area contributed by atoms with E-state index >= 15 is 0 Å². The molecular weight excluding hydrogens is 801 g/mol. The fraction of sp³-hybridized carbons (Fsp3) is 0.250. The molecule has 0 bridgehead atoms. The van der Waals surface area contributed by atoms with Crippen molar-refractivity contribution >= 4 is 31.1 Å². The predicted octanol–water partition coefficient (Wildman–Crippen LogP) is 13.2. The summed E-state index contributed by atoms with van der Waals surface area (Å²) in [6.45, 7) is 8.50. The maximum absolute atomic E-state index is 13.3. The van der Waals surface area contributed by atoms with Crippen molar-refractivity contribution in [1.29, 1.82) is 0 Å². The summed E-state index contributed by atoms with van der Waals surface area (Å²) in [4.78, 5) is 0. The van der Waals surface area contributed by atoms with E-state index in [4.69, 9.17) is 0 Å². The van der Waals surface area contributed by atoms with Gasteiger partial charge in [0.1, 0.15) is 0 Å². The minimum atomic E-state index is -4.35. The molecule has 6 aromatic rings. The van der Waals surface area contributed by atoms with Gasteiger partial charge in [0.15, 0.2) is 0 Å². The Labute approximate surface area is 300 Å². The second kappa shape index (κ2) is 17.4. The number of hydrogen-bond donors (Lipinski definition) is 0. The molecule has 0 saturated heterocycles. The Balaban J connectivity index is 0.000000236. The molecule has 0 fully saturated rings. The molecule has 0 N–H and O–H groups in total. The molecule has 6 aromatic carbocycles. The van der Waals surface area contributed by atoms with E-state index in [2.05, 4.69) is 39.1 Å². The van der Waals surface area contributed by atoms with E-state index in [0.717, 1.165) is 68.9 Å². The molecule has 0 nitrogen and oxygen atoms in total. The maximum Gasteiger partial charge on any atom is 0.416 e. The van der Waals surface area contributed by atoms with E-state index in [1.54, 1.807) is 36.4 Å². The number of halogens is 6. The second-order valence-electron chi connectivity index (χ2n) is 11.4. The number of benzene rings is 4. The van der Waals surface area contributed by atoms with E-state index in [1.165, 1.54) is 23.3 Å². The van der Waals surface area contributed by atoms with Crippen LogP contribution in [0.1, 0.15) is 48.9 Å². The Morgan fingerprint density at radius 2 is 0.854 bits per heavy atom. The minimum Gasteiger partial charge on any atom is -0.166 e. The quantitative estimate of drug-likeness (QED) is 0.0890. The third-order valence-electron chi connectivity index (χ3n) is 7.74. The molecular formula is C40H38F6HfSi-2. The first kappa shape index (κ1) is 39.2. The molecule has 8 heteroatoms. The number of alkyl halides is 6. The van der Waals surface area contributed by atoms with Crippen LogP contribution in [0.2, 0.25) is 13.1 Å². The van der Waals surface area contributed by atoms with E-state index in [-0.39, 0.29) is 37.0 Å². The van der Waals surface area contributed by atoms with Crippen LogP contribution < -0.4 is 0 Å². The van der Waals surface area contributed by atoms with Crippen molar-refractivity contribution in [3.8, 4) is 22.3 Å². The summed E-state index contributed by atoms with van der Waals surface area (Å²) < 4.78 is 79.6. The second-order valence-corrected chi connectivity index (χ2v) is 12.4. The monoisotopic (exact) mass is 840 g/mol. The largest absolute Gasteiger partial charge is 0.416 e. The number of aryl methyl sites for hydroxylation is 2. The number of fused-ring (bicyclic) bond motifs is 2. The predicted molar refractivity (Wildman–Crippen MR) is 185 cm³/mol. The average Bonchev–Trinajstić information content (AvgIpc) is 3.65. The van der Waals surface area contributed by atoms with Crippen molar-refractivity contribution in [3.63, 3.8) is 0 Å². The summed E-state index contributed by atoms with van der Waals surface area (Å²) in [6.07, 6.45) is -4.78. The molecule has 250 valence electrons. The van der Waals surface area contributed by atoms with Gasteiger partial charge < -0.3 is 0 Å². The third kappa shape index (κ3) is 9.47. The number of hydrogen-bond acceptors (Lipinski definition) is 0. The van der Waals surface area contributed by atoms with Crippen LogP contribution in [-0.2, 0) is 51.0 Å². The Hall–Kier alpha value is -3.23. The van der Waals surface area contributed by atoms with Gasteiger partial charge in [0.2, 0.25) is 0 Å². The van der Waals surface area contributed by atoms with E-state index in [0.29, 0.717) is 11.1 Å². The van der Waals surface area contributed by atoms with Crippen LogP contribution in [0.3, 0.4) is 0 Å². The average molecular weight is 839 g/mol. The fourth-order valence-corrected chi connectivity index (χ4v) is 5.86. The van der Waals surface area contributed by atoms with Gasteiger partial charge >= 0.3 is 12.4 Å². The molecule has 0 spiro atoms. The van der Waals surface area contributed by atoms with Crippen LogP contribution >= 0.6 is 0 Å². The van der Waals surface area contributed by atoms with Crippen LogP contribution in [-0.4, -0.2) is 9.52 Å². The van der Waals surface area contributed by atoms with Gasteiger partial charge in [-0.15, -0.1) is 69.1 Å². The first-order valence-corrected chi connectivity index (χ1v) is 17.7. The number of rotatable bonds is 6. The first-order chi connectivity index (χ1) is 22.4. The molecule has 0 unspecified atom stereocenters. The van der Waals surface area contributed by atoms with Crippen molar-refractivity contribution in [2.45, 2.75) is 65.0 Å². The zero-order valence-electron chi connectivity index (χ0n) is 27.5. The van der Waals surface area contributed by atoms with Gasteiger partial charge in [0.05, 0.1) is 11.1 Å². The van der Waals surface area contributed by atoms with Gasteiger partial charge in [-0.2, -0.15) is 38.5 Å². The van der Waals surface area contributed by atoms with Gasteiger partial charge in [0.25, 0.3) is 0 Å². The van der Waals surface area contributed by atoms with Gasteiger partial charge in [-0.3, -0.25) is 0 Å². The van der Waals surface area contributed by atoms with Crippen molar-refractivity contribution in [3.05, 3.63) is 131 Å². The van der Waals surface area contributed by atoms with Crippen molar-refractivity contribution in [1.82, 2.24) is 0 Å². The van der Waals surface area contributed by atoms with Crippen LogP contribution in [0.25, 0.3) is 43.8 Å². The first-order valence-electron chi connectivity index (χ1n) is 15.7. The minimum absolute atomic E-state index is 0. The van der Waals surface area contributed by atoms with E-state index in [9.17, 15) is 26.3 Å². The fourth-order valence-electron chi connectivity index (χ4n) is 5.86. The van der Waals surface area contributed by atoms with Crippen LogP contribution in [0.5, 0.6) is 0 Å². The van der Waals surface area contributed by atoms with Crippen molar-refractivity contribution in [2.75, 3.05) is 0 Å². The molecule has 0 aromatic heterocycles. The Kier molecular flexibility index (Phi) is 14.2. The summed E-state index contributed by atoms with van der Waals surface area (Å²) in [5.41, 5.74) is 2.97. The van der Waals surface area contributed by atoms with Gasteiger partial charge in [-0.25, -0.2) is 0 Å². The Bertz CT molecular complexity index is 1760. The summed E-state index contributed by atoms with van der Waals surface area (Å²) in [5, 5.41) is 3.78. The molecule has 0 amide bonds. The van der Waals surface area contributed by atoms with Gasteiger partial charge in [-0.1, -0.05) is 99.4 Å². The van der Waals surface area contributed by atoms with Crippen LogP contribution in [0, 0.1) is 0 Å². The SMILES string of the molecule is CCCc1cc2c(-c3ccccc3C(F)(F)F)cccc2[cH-]1.CCCc1cc2c(-c3ccccc3C(F)(F)F)cccc2[cH-]1.C[Si]C.[Hf]. The zero-order valence-corrected chi connectivity index (χ0v) is 32.1. The normalized spacial score (nSPS) is 11.4. The Morgan fingerprint density at radius 1 is 0.521 bits per heavy atom. The van der Waals surface area contributed by atoms with Gasteiger partial charge in [-0.05, 0) is 36.1 Å². The van der Waals surface area contributed by atoms with E-state index < -0.39 is 23.5 Å². The molecule has 2 radical (unpaired) electrons. The van der Waals surface area contributed by atoms with E-state index in [1.807, 2.05) is 36.4 Å². The maximum atomic E-state index is 13.3. The molecule has 48 heavy (non-hydrogen) atoms.